The standard InChI is InChI=1S/C16H15FO/c1-11(2)12-4-3-5-13(8-12)14-6-7-15(10-18)16(17)9-14/h3-11H,1-2H3. The molecule has 0 spiro atoms. The minimum absolute atomic E-state index is 0.0961. The zero-order valence-corrected chi connectivity index (χ0v) is 10.5. The van der Waals surface area contributed by atoms with Crippen molar-refractivity contribution in [3.8, 4) is 11.1 Å². The van der Waals surface area contributed by atoms with Crippen molar-refractivity contribution in [3.05, 3.63) is 59.4 Å². The zero-order chi connectivity index (χ0) is 13.1. The molecule has 0 aromatic heterocycles. The number of hydrogen-bond donors (Lipinski definition) is 0. The molecule has 0 fully saturated rings. The first-order chi connectivity index (χ1) is 8.61. The van der Waals surface area contributed by atoms with Crippen LogP contribution in [-0.4, -0.2) is 6.29 Å². The van der Waals surface area contributed by atoms with Crippen molar-refractivity contribution in [1.29, 1.82) is 0 Å². The summed E-state index contributed by atoms with van der Waals surface area (Å²) in [5.74, 6) is -0.0403. The Labute approximate surface area is 106 Å². The number of aldehydes is 1. The van der Waals surface area contributed by atoms with Crippen molar-refractivity contribution < 1.29 is 9.18 Å². The molecule has 0 aliphatic rings. The van der Waals surface area contributed by atoms with E-state index in [1.807, 2.05) is 12.1 Å². The first-order valence-corrected chi connectivity index (χ1v) is 5.97. The Balaban J connectivity index is 2.45. The number of halogens is 1. The summed E-state index contributed by atoms with van der Waals surface area (Å²) in [5.41, 5.74) is 3.07. The van der Waals surface area contributed by atoms with Gasteiger partial charge in [-0.25, -0.2) is 4.39 Å². The predicted octanol–water partition coefficient (Wildman–Crippen LogP) is 4.43. The second kappa shape index (κ2) is 5.13. The Morgan fingerprint density at radius 1 is 1.06 bits per heavy atom. The summed E-state index contributed by atoms with van der Waals surface area (Å²) in [6.45, 7) is 4.24. The first kappa shape index (κ1) is 12.5. The highest BCUT2D eigenvalue weighted by Crippen LogP contribution is 2.25. The van der Waals surface area contributed by atoms with Gasteiger partial charge in [-0.2, -0.15) is 0 Å². The average molecular weight is 242 g/mol. The molecule has 0 saturated heterocycles. The molecule has 0 radical (unpaired) electrons. The summed E-state index contributed by atoms with van der Waals surface area (Å²) in [5, 5.41) is 0. The number of carbonyl (C=O) groups excluding carboxylic acids is 1. The smallest absolute Gasteiger partial charge is 0.152 e. The molecule has 2 heteroatoms. The fraction of sp³-hybridized carbons (Fsp3) is 0.188. The summed E-state index contributed by atoms with van der Waals surface area (Å²) in [6, 6.07) is 12.7. The highest BCUT2D eigenvalue weighted by molar-refractivity contribution is 5.77. The monoisotopic (exact) mass is 242 g/mol. The molecule has 0 heterocycles. The Bertz CT molecular complexity index is 573. The lowest BCUT2D eigenvalue weighted by Gasteiger charge is -2.08. The van der Waals surface area contributed by atoms with Crippen molar-refractivity contribution in [1.82, 2.24) is 0 Å². The van der Waals surface area contributed by atoms with Crippen LogP contribution in [0.3, 0.4) is 0 Å². The second-order valence-electron chi connectivity index (χ2n) is 4.63. The van der Waals surface area contributed by atoms with E-state index in [0.717, 1.165) is 11.1 Å². The van der Waals surface area contributed by atoms with Gasteiger partial charge >= 0.3 is 0 Å². The maximum Gasteiger partial charge on any atom is 0.152 e. The number of rotatable bonds is 3. The maximum absolute atomic E-state index is 13.6. The molecule has 0 atom stereocenters. The quantitative estimate of drug-likeness (QED) is 0.728. The van der Waals surface area contributed by atoms with Crippen LogP contribution in [0.2, 0.25) is 0 Å². The van der Waals surface area contributed by atoms with E-state index in [9.17, 15) is 9.18 Å². The van der Waals surface area contributed by atoms with Gasteiger partial charge in [-0.15, -0.1) is 0 Å². The average Bonchev–Trinajstić information content (AvgIpc) is 2.38. The van der Waals surface area contributed by atoms with E-state index in [0.29, 0.717) is 12.2 Å². The van der Waals surface area contributed by atoms with E-state index in [4.69, 9.17) is 0 Å². The molecule has 0 unspecified atom stereocenters. The Kier molecular flexibility index (Phi) is 3.56. The van der Waals surface area contributed by atoms with Gasteiger partial charge in [0.2, 0.25) is 0 Å². The third kappa shape index (κ3) is 2.48. The van der Waals surface area contributed by atoms with Crippen LogP contribution in [0, 0.1) is 5.82 Å². The number of carbonyl (C=O) groups is 1. The predicted molar refractivity (Wildman–Crippen MR) is 71.3 cm³/mol. The molecule has 92 valence electrons. The van der Waals surface area contributed by atoms with E-state index < -0.39 is 5.82 Å². The van der Waals surface area contributed by atoms with Crippen LogP contribution in [0.1, 0.15) is 35.7 Å². The van der Waals surface area contributed by atoms with Crippen molar-refractivity contribution in [3.63, 3.8) is 0 Å². The van der Waals surface area contributed by atoms with Crippen LogP contribution in [0.15, 0.2) is 42.5 Å². The molecule has 1 nitrogen and oxygen atoms in total. The Hall–Kier alpha value is -1.96. The molecule has 18 heavy (non-hydrogen) atoms. The van der Waals surface area contributed by atoms with E-state index in [2.05, 4.69) is 26.0 Å². The summed E-state index contributed by atoms with van der Waals surface area (Å²) in [7, 11) is 0. The minimum Gasteiger partial charge on any atom is -0.298 e. The summed E-state index contributed by atoms with van der Waals surface area (Å²) < 4.78 is 13.6. The van der Waals surface area contributed by atoms with Gasteiger partial charge < -0.3 is 0 Å². The highest BCUT2D eigenvalue weighted by Gasteiger charge is 2.06. The maximum atomic E-state index is 13.6. The Morgan fingerprint density at radius 2 is 1.78 bits per heavy atom. The fourth-order valence-electron chi connectivity index (χ4n) is 1.88. The van der Waals surface area contributed by atoms with Crippen molar-refractivity contribution >= 4 is 6.29 Å². The molecule has 2 aromatic carbocycles. The summed E-state index contributed by atoms with van der Waals surface area (Å²) in [6.07, 6.45) is 0.531. The van der Waals surface area contributed by atoms with Gasteiger partial charge in [-0.05, 0) is 34.7 Å². The fourth-order valence-corrected chi connectivity index (χ4v) is 1.88. The van der Waals surface area contributed by atoms with Gasteiger partial charge in [-0.1, -0.05) is 44.2 Å². The Morgan fingerprint density at radius 3 is 2.39 bits per heavy atom. The highest BCUT2D eigenvalue weighted by atomic mass is 19.1. The van der Waals surface area contributed by atoms with E-state index in [1.165, 1.54) is 17.7 Å². The van der Waals surface area contributed by atoms with Crippen molar-refractivity contribution in [2.45, 2.75) is 19.8 Å². The largest absolute Gasteiger partial charge is 0.298 e. The SMILES string of the molecule is CC(C)c1cccc(-c2ccc(C=O)c(F)c2)c1. The van der Waals surface area contributed by atoms with Crippen LogP contribution < -0.4 is 0 Å². The molecule has 0 saturated carbocycles. The minimum atomic E-state index is -0.475. The lowest BCUT2D eigenvalue weighted by atomic mass is 9.97. The van der Waals surface area contributed by atoms with Gasteiger partial charge in [0, 0.05) is 0 Å². The molecule has 0 aliphatic carbocycles. The van der Waals surface area contributed by atoms with Crippen LogP contribution in [0.25, 0.3) is 11.1 Å². The lowest BCUT2D eigenvalue weighted by molar-refractivity contribution is 0.112. The molecular weight excluding hydrogens is 227 g/mol. The first-order valence-electron chi connectivity index (χ1n) is 5.97. The van der Waals surface area contributed by atoms with Crippen LogP contribution in [0.5, 0.6) is 0 Å². The van der Waals surface area contributed by atoms with E-state index in [-0.39, 0.29) is 5.56 Å². The molecule has 0 bridgehead atoms. The van der Waals surface area contributed by atoms with Gasteiger partial charge in [-0.3, -0.25) is 4.79 Å². The molecular formula is C16H15FO. The van der Waals surface area contributed by atoms with E-state index in [1.54, 1.807) is 6.07 Å². The third-order valence-electron chi connectivity index (χ3n) is 3.01. The molecule has 2 aromatic rings. The summed E-state index contributed by atoms with van der Waals surface area (Å²) >= 11 is 0. The van der Waals surface area contributed by atoms with Crippen molar-refractivity contribution in [2.75, 3.05) is 0 Å². The van der Waals surface area contributed by atoms with Crippen molar-refractivity contribution in [2.24, 2.45) is 0 Å². The van der Waals surface area contributed by atoms with Crippen LogP contribution in [0.4, 0.5) is 4.39 Å². The van der Waals surface area contributed by atoms with Gasteiger partial charge in [0.15, 0.2) is 6.29 Å². The third-order valence-corrected chi connectivity index (χ3v) is 3.01. The topological polar surface area (TPSA) is 17.1 Å². The number of hydrogen-bond acceptors (Lipinski definition) is 1. The normalized spacial score (nSPS) is 10.7. The lowest BCUT2D eigenvalue weighted by Crippen LogP contribution is -1.90. The molecule has 0 amide bonds. The summed E-state index contributed by atoms with van der Waals surface area (Å²) in [4.78, 5) is 10.6. The molecule has 0 N–H and O–H groups in total. The second-order valence-corrected chi connectivity index (χ2v) is 4.63. The van der Waals surface area contributed by atoms with Crippen LogP contribution >= 0.6 is 0 Å². The number of benzene rings is 2. The van der Waals surface area contributed by atoms with Gasteiger partial charge in [0.05, 0.1) is 5.56 Å². The zero-order valence-electron chi connectivity index (χ0n) is 10.5. The van der Waals surface area contributed by atoms with Gasteiger partial charge in [0.1, 0.15) is 5.82 Å². The van der Waals surface area contributed by atoms with Crippen LogP contribution in [-0.2, 0) is 0 Å². The molecule has 2 rings (SSSR count). The van der Waals surface area contributed by atoms with E-state index >= 15 is 0 Å². The van der Waals surface area contributed by atoms with Gasteiger partial charge in [0.25, 0.3) is 0 Å². The molecule has 0 aliphatic heterocycles.